The summed E-state index contributed by atoms with van der Waals surface area (Å²) in [6.45, 7) is -1.59. The monoisotopic (exact) mass is 310 g/mol. The van der Waals surface area contributed by atoms with Gasteiger partial charge in [-0.05, 0) is 0 Å². The van der Waals surface area contributed by atoms with E-state index in [9.17, 15) is 19.8 Å². The van der Waals surface area contributed by atoms with Crippen molar-refractivity contribution in [3.63, 3.8) is 0 Å². The molecular formula is C8H14CaO10. The van der Waals surface area contributed by atoms with Crippen molar-refractivity contribution in [2.24, 2.45) is 0 Å². The Hall–Kier alpha value is -0.0403. The maximum atomic E-state index is 9.67. The van der Waals surface area contributed by atoms with Gasteiger partial charge in [-0.1, -0.05) is 0 Å². The van der Waals surface area contributed by atoms with Crippen molar-refractivity contribution in [1.29, 1.82) is 0 Å². The molecule has 0 aromatic rings. The van der Waals surface area contributed by atoms with Gasteiger partial charge >= 0.3 is 37.7 Å². The molecule has 0 rings (SSSR count). The molecule has 108 valence electrons. The second-order valence-electron chi connectivity index (χ2n) is 3.03. The van der Waals surface area contributed by atoms with E-state index in [-0.39, 0.29) is 37.7 Å². The second-order valence-corrected chi connectivity index (χ2v) is 3.03. The number of aliphatic hydroxyl groups excluding tert-OH is 6. The number of carboxylic acid groups (broad SMARTS) is 2. The molecule has 0 radical (unpaired) electrons. The molecule has 0 unspecified atom stereocenters. The van der Waals surface area contributed by atoms with E-state index in [1.54, 1.807) is 0 Å². The van der Waals surface area contributed by atoms with Gasteiger partial charge in [0.1, 0.15) is 24.4 Å². The van der Waals surface area contributed by atoms with Crippen LogP contribution in [-0.2, 0) is 9.59 Å². The number of aliphatic carboxylic acids is 2. The topological polar surface area (TPSA) is 202 Å². The third kappa shape index (κ3) is 11.5. The van der Waals surface area contributed by atoms with Crippen molar-refractivity contribution in [2.45, 2.75) is 24.4 Å². The van der Waals surface area contributed by atoms with Crippen molar-refractivity contribution in [3.05, 3.63) is 0 Å². The largest absolute Gasteiger partial charge is 2.00 e. The van der Waals surface area contributed by atoms with E-state index in [0.29, 0.717) is 0 Å². The quantitative estimate of drug-likeness (QED) is 0.256. The molecule has 10 nitrogen and oxygen atoms in total. The third-order valence-electron chi connectivity index (χ3n) is 1.59. The average molecular weight is 310 g/mol. The predicted molar refractivity (Wildman–Crippen MR) is 54.0 cm³/mol. The summed E-state index contributed by atoms with van der Waals surface area (Å²) < 4.78 is 0. The number of carbonyl (C=O) groups excluding carboxylic acids is 2. The van der Waals surface area contributed by atoms with E-state index in [2.05, 4.69) is 0 Å². The van der Waals surface area contributed by atoms with Gasteiger partial charge in [0.2, 0.25) is 0 Å². The number of carboxylic acids is 2. The molecular weight excluding hydrogens is 296 g/mol. The zero-order valence-corrected chi connectivity index (χ0v) is 12.0. The van der Waals surface area contributed by atoms with Gasteiger partial charge in [0.25, 0.3) is 0 Å². The van der Waals surface area contributed by atoms with E-state index in [4.69, 9.17) is 30.6 Å². The average Bonchev–Trinajstić information content (AvgIpc) is 2.35. The van der Waals surface area contributed by atoms with Crippen LogP contribution in [0, 0.1) is 0 Å². The number of carbonyl (C=O) groups is 2. The molecule has 0 saturated heterocycles. The number of rotatable bonds is 6. The molecule has 0 aliphatic heterocycles. The van der Waals surface area contributed by atoms with E-state index in [1.165, 1.54) is 0 Å². The van der Waals surface area contributed by atoms with Crippen LogP contribution in [-0.4, -0.2) is 118 Å². The summed E-state index contributed by atoms with van der Waals surface area (Å²) in [6.07, 6.45) is -7.32. The van der Waals surface area contributed by atoms with Crippen LogP contribution in [0.1, 0.15) is 0 Å². The first-order valence-corrected chi connectivity index (χ1v) is 4.54. The van der Waals surface area contributed by atoms with Crippen molar-refractivity contribution >= 4 is 49.7 Å². The first-order chi connectivity index (χ1) is 8.18. The fourth-order valence-corrected chi connectivity index (χ4v) is 0.514. The molecule has 0 aromatic carbocycles. The van der Waals surface area contributed by atoms with Gasteiger partial charge in [0, 0.05) is 0 Å². The summed E-state index contributed by atoms with van der Waals surface area (Å²) in [5, 5.41) is 68.8. The minimum Gasteiger partial charge on any atom is -0.547 e. The van der Waals surface area contributed by atoms with Gasteiger partial charge in [-0.15, -0.1) is 0 Å². The third-order valence-corrected chi connectivity index (χ3v) is 1.59. The molecule has 0 bridgehead atoms. The molecule has 19 heavy (non-hydrogen) atoms. The molecule has 0 aromatic heterocycles. The molecule has 0 fully saturated rings. The summed E-state index contributed by atoms with van der Waals surface area (Å²) in [5.74, 6) is -3.59. The maximum absolute atomic E-state index is 9.67. The smallest absolute Gasteiger partial charge is 0.547 e. The molecule has 0 aliphatic carbocycles. The van der Waals surface area contributed by atoms with Crippen LogP contribution >= 0.6 is 0 Å². The van der Waals surface area contributed by atoms with Gasteiger partial charge in [-0.2, -0.15) is 0 Å². The van der Waals surface area contributed by atoms with Crippen molar-refractivity contribution in [1.82, 2.24) is 0 Å². The molecule has 0 amide bonds. The fraction of sp³-hybridized carbons (Fsp3) is 0.750. The van der Waals surface area contributed by atoms with Gasteiger partial charge in [-0.25, -0.2) is 0 Å². The first kappa shape index (κ1) is 24.0. The molecule has 0 spiro atoms. The van der Waals surface area contributed by atoms with Gasteiger partial charge in [0.15, 0.2) is 0 Å². The summed E-state index contributed by atoms with van der Waals surface area (Å²) in [6, 6.07) is 0. The van der Waals surface area contributed by atoms with Gasteiger partial charge in [0.05, 0.1) is 25.2 Å². The Balaban J connectivity index is -0.000000256. The van der Waals surface area contributed by atoms with Crippen LogP contribution < -0.4 is 10.2 Å². The maximum Gasteiger partial charge on any atom is 2.00 e. The molecule has 4 atom stereocenters. The van der Waals surface area contributed by atoms with Crippen LogP contribution in [0.25, 0.3) is 0 Å². The standard InChI is InChI=1S/2C4H8O5.Ca/c2*5-1-2(6)3(7)4(8)9;/h2*2-3,5-7H,1H2,(H,8,9);/q;;+2/p-2/t2*2-,3-;/m00./s1. The van der Waals surface area contributed by atoms with E-state index < -0.39 is 49.6 Å². The minimum absolute atomic E-state index is 0. The number of aliphatic hydroxyl groups is 6. The molecule has 0 heterocycles. The van der Waals surface area contributed by atoms with Crippen molar-refractivity contribution < 1.29 is 50.4 Å². The summed E-state index contributed by atoms with van der Waals surface area (Å²) in [5.41, 5.74) is 0. The van der Waals surface area contributed by atoms with E-state index in [1.807, 2.05) is 0 Å². The Bertz CT molecular complexity index is 234. The van der Waals surface area contributed by atoms with Crippen LogP contribution in [0.3, 0.4) is 0 Å². The molecule has 0 saturated carbocycles. The van der Waals surface area contributed by atoms with Crippen LogP contribution in [0.2, 0.25) is 0 Å². The van der Waals surface area contributed by atoms with Crippen LogP contribution in [0.4, 0.5) is 0 Å². The van der Waals surface area contributed by atoms with E-state index >= 15 is 0 Å². The Morgan fingerprint density at radius 2 is 1.00 bits per heavy atom. The Labute approximate surface area is 137 Å². The van der Waals surface area contributed by atoms with Crippen LogP contribution in [0.5, 0.6) is 0 Å². The molecule has 6 N–H and O–H groups in total. The zero-order chi connectivity index (χ0) is 14.9. The van der Waals surface area contributed by atoms with Crippen molar-refractivity contribution in [3.8, 4) is 0 Å². The van der Waals surface area contributed by atoms with Crippen molar-refractivity contribution in [2.75, 3.05) is 13.2 Å². The van der Waals surface area contributed by atoms with E-state index in [0.717, 1.165) is 0 Å². The summed E-state index contributed by atoms with van der Waals surface area (Å²) in [7, 11) is 0. The normalized spacial score (nSPS) is 15.9. The summed E-state index contributed by atoms with van der Waals surface area (Å²) in [4.78, 5) is 19.3. The minimum atomic E-state index is -2.00. The Morgan fingerprint density at radius 3 is 1.05 bits per heavy atom. The first-order valence-electron chi connectivity index (χ1n) is 4.54. The molecule has 11 heteroatoms. The Kier molecular flexibility index (Phi) is 16.4. The predicted octanol–water partition coefficient (Wildman–Crippen LogP) is -7.48. The second kappa shape index (κ2) is 13.0. The van der Waals surface area contributed by atoms with Crippen LogP contribution in [0.15, 0.2) is 0 Å². The SMILES string of the molecule is O=C([O-])[C@@H](O)[C@@H](O)CO.O=C([O-])[C@@H](O)[C@@H](O)CO.[Ca+2]. The zero-order valence-electron chi connectivity index (χ0n) is 9.75. The molecule has 0 aliphatic rings. The van der Waals surface area contributed by atoms with Gasteiger partial charge in [-0.3, -0.25) is 0 Å². The number of hydrogen-bond acceptors (Lipinski definition) is 10. The number of hydrogen-bond donors (Lipinski definition) is 6. The summed E-state index contributed by atoms with van der Waals surface area (Å²) >= 11 is 0. The van der Waals surface area contributed by atoms with Gasteiger partial charge < -0.3 is 50.4 Å². The Morgan fingerprint density at radius 1 is 0.789 bits per heavy atom. The fourth-order valence-electron chi connectivity index (χ4n) is 0.514.